The van der Waals surface area contributed by atoms with Gasteiger partial charge in [-0.1, -0.05) is 34.4 Å². The minimum absolute atomic E-state index is 0.0162. The van der Waals surface area contributed by atoms with Gasteiger partial charge in [0.1, 0.15) is 11.3 Å². The number of anilines is 1. The number of hydrogen-bond donors (Lipinski definition) is 0. The number of rotatable bonds is 2. The summed E-state index contributed by atoms with van der Waals surface area (Å²) in [5.74, 6) is 0.317. The number of carbonyl (C=O) groups excluding carboxylic acids is 1. The second kappa shape index (κ2) is 6.97. The minimum Gasteiger partial charge on any atom is -0.450 e. The van der Waals surface area contributed by atoms with Crippen molar-refractivity contribution in [2.45, 2.75) is 26.8 Å². The van der Waals surface area contributed by atoms with Gasteiger partial charge in [0.05, 0.1) is 27.0 Å². The molecule has 0 radical (unpaired) electrons. The molecule has 0 saturated heterocycles. The smallest absolute Gasteiger partial charge is 0.296 e. The van der Waals surface area contributed by atoms with Crippen LogP contribution < -0.4 is 10.3 Å². The van der Waals surface area contributed by atoms with Gasteiger partial charge in [0, 0.05) is 6.07 Å². The highest BCUT2D eigenvalue weighted by molar-refractivity contribution is 6.42. The molecule has 0 saturated carbocycles. The van der Waals surface area contributed by atoms with Crippen molar-refractivity contribution in [1.82, 2.24) is 5.16 Å². The van der Waals surface area contributed by atoms with Crippen LogP contribution in [-0.2, 0) is 0 Å². The molecule has 0 fully saturated rings. The van der Waals surface area contributed by atoms with E-state index in [1.165, 1.54) is 4.90 Å². The first kappa shape index (κ1) is 19.8. The van der Waals surface area contributed by atoms with E-state index < -0.39 is 11.9 Å². The molecule has 1 aliphatic heterocycles. The Bertz CT molecular complexity index is 1450. The van der Waals surface area contributed by atoms with E-state index in [-0.39, 0.29) is 22.6 Å². The molecule has 1 atom stereocenters. The van der Waals surface area contributed by atoms with Crippen LogP contribution in [0, 0.1) is 20.8 Å². The highest BCUT2D eigenvalue weighted by atomic mass is 35.5. The summed E-state index contributed by atoms with van der Waals surface area (Å²) >= 11 is 12.3. The molecule has 2 aromatic carbocycles. The first-order chi connectivity index (χ1) is 14.8. The van der Waals surface area contributed by atoms with E-state index in [0.29, 0.717) is 32.3 Å². The Balaban J connectivity index is 1.84. The summed E-state index contributed by atoms with van der Waals surface area (Å²) < 4.78 is 11.2. The number of fused-ring (bicyclic) bond motifs is 2. The Hall–Kier alpha value is -3.09. The summed E-state index contributed by atoms with van der Waals surface area (Å²) in [5, 5.41) is 5.10. The van der Waals surface area contributed by atoms with Crippen molar-refractivity contribution in [3.63, 3.8) is 0 Å². The lowest BCUT2D eigenvalue weighted by molar-refractivity contribution is 0.0969. The third-order valence-electron chi connectivity index (χ3n) is 5.61. The number of amides is 1. The van der Waals surface area contributed by atoms with Crippen molar-refractivity contribution < 1.29 is 13.7 Å². The largest absolute Gasteiger partial charge is 0.450 e. The van der Waals surface area contributed by atoms with Crippen molar-refractivity contribution in [1.29, 1.82) is 0 Å². The Morgan fingerprint density at radius 2 is 1.71 bits per heavy atom. The molecule has 1 amide bonds. The molecule has 0 aliphatic carbocycles. The van der Waals surface area contributed by atoms with Gasteiger partial charge in [-0.25, -0.2) is 0 Å². The average Bonchev–Trinajstić information content (AvgIpc) is 3.27. The van der Waals surface area contributed by atoms with Crippen LogP contribution in [0.3, 0.4) is 0 Å². The zero-order chi connectivity index (χ0) is 22.0. The molecule has 6 nitrogen and oxygen atoms in total. The van der Waals surface area contributed by atoms with Crippen molar-refractivity contribution in [3.05, 3.63) is 90.4 Å². The maximum atomic E-state index is 13.6. The molecule has 5 rings (SSSR count). The molecule has 1 aliphatic rings. The second-order valence-corrected chi connectivity index (χ2v) is 8.47. The van der Waals surface area contributed by atoms with Crippen LogP contribution >= 0.6 is 23.2 Å². The van der Waals surface area contributed by atoms with E-state index in [4.69, 9.17) is 32.1 Å². The molecule has 0 bridgehead atoms. The lowest BCUT2D eigenvalue weighted by Gasteiger charge is -2.22. The molecular formula is C23H16Cl2N2O4. The summed E-state index contributed by atoms with van der Waals surface area (Å²) in [7, 11) is 0. The van der Waals surface area contributed by atoms with E-state index in [2.05, 4.69) is 5.16 Å². The van der Waals surface area contributed by atoms with Gasteiger partial charge in [-0.2, -0.15) is 0 Å². The van der Waals surface area contributed by atoms with Crippen molar-refractivity contribution >= 4 is 45.9 Å². The van der Waals surface area contributed by atoms with Gasteiger partial charge in [-0.05, 0) is 61.7 Å². The van der Waals surface area contributed by atoms with Crippen LogP contribution in [-0.4, -0.2) is 11.1 Å². The predicted molar refractivity (Wildman–Crippen MR) is 118 cm³/mol. The highest BCUT2D eigenvalue weighted by Gasteiger charge is 2.45. The molecule has 4 aromatic rings. The van der Waals surface area contributed by atoms with Crippen LogP contribution in [0.5, 0.6) is 0 Å². The lowest BCUT2D eigenvalue weighted by atomic mass is 9.97. The van der Waals surface area contributed by atoms with E-state index >= 15 is 0 Å². The Labute approximate surface area is 187 Å². The molecule has 2 aromatic heterocycles. The summed E-state index contributed by atoms with van der Waals surface area (Å²) in [6, 6.07) is 9.40. The number of aryl methyl sites for hydroxylation is 3. The summed E-state index contributed by atoms with van der Waals surface area (Å²) in [6.45, 7) is 5.57. The quantitative estimate of drug-likeness (QED) is 0.384. The molecule has 0 N–H and O–H groups in total. The highest BCUT2D eigenvalue weighted by Crippen LogP contribution is 2.42. The van der Waals surface area contributed by atoms with Crippen LogP contribution in [0.15, 0.2) is 50.1 Å². The second-order valence-electron chi connectivity index (χ2n) is 7.65. The molecule has 31 heavy (non-hydrogen) atoms. The van der Waals surface area contributed by atoms with Gasteiger partial charge < -0.3 is 8.94 Å². The zero-order valence-corrected chi connectivity index (χ0v) is 18.3. The summed E-state index contributed by atoms with van der Waals surface area (Å²) in [5.41, 5.74) is 2.86. The monoisotopic (exact) mass is 454 g/mol. The van der Waals surface area contributed by atoms with Crippen LogP contribution in [0.4, 0.5) is 5.82 Å². The fraction of sp³-hybridized carbons (Fsp3) is 0.174. The fourth-order valence-electron chi connectivity index (χ4n) is 3.93. The van der Waals surface area contributed by atoms with Gasteiger partial charge in [0.15, 0.2) is 11.2 Å². The number of benzene rings is 2. The molecule has 156 valence electrons. The molecule has 8 heteroatoms. The zero-order valence-electron chi connectivity index (χ0n) is 16.8. The maximum absolute atomic E-state index is 13.6. The summed E-state index contributed by atoms with van der Waals surface area (Å²) in [6.07, 6.45) is 0. The van der Waals surface area contributed by atoms with Crippen molar-refractivity contribution in [2.24, 2.45) is 0 Å². The van der Waals surface area contributed by atoms with Crippen LogP contribution in [0.2, 0.25) is 10.0 Å². The predicted octanol–water partition coefficient (Wildman–Crippen LogP) is 5.76. The Morgan fingerprint density at radius 3 is 2.39 bits per heavy atom. The van der Waals surface area contributed by atoms with Gasteiger partial charge >= 0.3 is 0 Å². The number of nitrogens with zero attached hydrogens (tertiary/aromatic N) is 2. The normalized spacial score (nSPS) is 15.7. The van der Waals surface area contributed by atoms with Crippen LogP contribution in [0.25, 0.3) is 11.0 Å². The minimum atomic E-state index is -0.788. The standard InChI is InChI=1S/C23H16Cl2N2O4/c1-10-6-14-17(7-11(10)2)30-22-19(21(14)28)20(13-4-5-15(24)16(25)9-13)27(23(22)29)18-8-12(3)31-26-18/h4-9,20H,1-3H3/t20-/m1/s1. The third kappa shape index (κ3) is 2.98. The molecule has 3 heterocycles. The fourth-order valence-corrected chi connectivity index (χ4v) is 4.24. The number of aromatic nitrogens is 1. The SMILES string of the molecule is Cc1cc(N2C(=O)c3oc4cc(C)c(C)cc4c(=O)c3[C@H]2c2ccc(Cl)c(Cl)c2)no1. The number of carbonyl (C=O) groups is 1. The lowest BCUT2D eigenvalue weighted by Crippen LogP contribution is -2.29. The van der Waals surface area contributed by atoms with Gasteiger partial charge in [-0.15, -0.1) is 0 Å². The van der Waals surface area contributed by atoms with E-state index in [9.17, 15) is 9.59 Å². The van der Waals surface area contributed by atoms with Gasteiger partial charge in [0.25, 0.3) is 5.91 Å². The van der Waals surface area contributed by atoms with Crippen molar-refractivity contribution in [2.75, 3.05) is 4.90 Å². The van der Waals surface area contributed by atoms with E-state index in [1.54, 1.807) is 43.3 Å². The van der Waals surface area contributed by atoms with Gasteiger partial charge in [-0.3, -0.25) is 14.5 Å². The van der Waals surface area contributed by atoms with E-state index in [0.717, 1.165) is 11.1 Å². The first-order valence-corrected chi connectivity index (χ1v) is 10.3. The van der Waals surface area contributed by atoms with Crippen molar-refractivity contribution in [3.8, 4) is 0 Å². The van der Waals surface area contributed by atoms with Crippen LogP contribution in [0.1, 0.15) is 44.6 Å². The van der Waals surface area contributed by atoms with Gasteiger partial charge in [0.2, 0.25) is 5.76 Å². The molecule has 0 spiro atoms. The number of hydrogen-bond acceptors (Lipinski definition) is 5. The Morgan fingerprint density at radius 1 is 0.968 bits per heavy atom. The topological polar surface area (TPSA) is 76.6 Å². The Kier molecular flexibility index (Phi) is 4.46. The molecular weight excluding hydrogens is 439 g/mol. The average molecular weight is 455 g/mol. The first-order valence-electron chi connectivity index (χ1n) is 9.56. The summed E-state index contributed by atoms with van der Waals surface area (Å²) in [4.78, 5) is 28.4. The number of halogens is 2. The third-order valence-corrected chi connectivity index (χ3v) is 6.35. The maximum Gasteiger partial charge on any atom is 0.296 e. The van der Waals surface area contributed by atoms with E-state index in [1.807, 2.05) is 13.8 Å². The molecule has 0 unspecified atom stereocenters.